The highest BCUT2D eigenvalue weighted by molar-refractivity contribution is 7.92. The minimum atomic E-state index is -3.48. The Bertz CT molecular complexity index is 315. The summed E-state index contributed by atoms with van der Waals surface area (Å²) in [7, 11) is -3.48. The van der Waals surface area contributed by atoms with Crippen molar-refractivity contribution in [1.29, 1.82) is 0 Å². The predicted octanol–water partition coefficient (Wildman–Crippen LogP) is 0.0901. The summed E-state index contributed by atoms with van der Waals surface area (Å²) in [6, 6.07) is 0. The van der Waals surface area contributed by atoms with Gasteiger partial charge in [-0.3, -0.25) is 4.79 Å². The maximum absolute atomic E-state index is 11.5. The Morgan fingerprint density at radius 3 is 2.20 bits per heavy atom. The van der Waals surface area contributed by atoms with Gasteiger partial charge in [-0.25, -0.2) is 8.42 Å². The number of carbonyl (C=O) groups excluding carboxylic acids is 1. The number of hydrogen-bond acceptors (Lipinski definition) is 5. The minimum absolute atomic E-state index is 0.00509. The first-order valence-electron chi connectivity index (χ1n) is 4.72. The number of ether oxygens (including phenoxy) is 1. The van der Waals surface area contributed by atoms with Crippen molar-refractivity contribution in [3.63, 3.8) is 0 Å². The van der Waals surface area contributed by atoms with Crippen LogP contribution in [0.25, 0.3) is 0 Å². The van der Waals surface area contributed by atoms with Gasteiger partial charge in [0.1, 0.15) is 11.4 Å². The smallest absolute Gasteiger partial charge is 0.321 e. The molecule has 0 saturated carbocycles. The van der Waals surface area contributed by atoms with Gasteiger partial charge >= 0.3 is 5.97 Å². The van der Waals surface area contributed by atoms with Gasteiger partial charge in [0.2, 0.25) is 0 Å². The summed E-state index contributed by atoms with van der Waals surface area (Å²) in [6.45, 7) is 6.53. The van der Waals surface area contributed by atoms with E-state index in [9.17, 15) is 13.2 Å². The molecular formula is C9H19NO4S. The fraction of sp³-hybridized carbons (Fsp3) is 0.889. The van der Waals surface area contributed by atoms with E-state index >= 15 is 0 Å². The van der Waals surface area contributed by atoms with Crippen molar-refractivity contribution in [3.8, 4) is 0 Å². The van der Waals surface area contributed by atoms with Crippen LogP contribution in [-0.4, -0.2) is 37.5 Å². The molecule has 1 atom stereocenters. The van der Waals surface area contributed by atoms with Crippen molar-refractivity contribution in [2.75, 3.05) is 12.3 Å². The summed E-state index contributed by atoms with van der Waals surface area (Å²) in [6.07, 6.45) is 0. The van der Waals surface area contributed by atoms with Gasteiger partial charge in [-0.2, -0.15) is 0 Å². The maximum Gasteiger partial charge on any atom is 0.321 e. The second-order valence-corrected chi connectivity index (χ2v) is 6.86. The molecule has 15 heavy (non-hydrogen) atoms. The van der Waals surface area contributed by atoms with Crippen LogP contribution in [-0.2, 0) is 19.4 Å². The third-order valence-electron chi connectivity index (χ3n) is 1.68. The van der Waals surface area contributed by atoms with Crippen molar-refractivity contribution in [2.45, 2.75) is 38.5 Å². The summed E-state index contributed by atoms with van der Waals surface area (Å²) in [4.78, 5) is 11.3. The third-order valence-corrected chi connectivity index (χ3v) is 3.74. The summed E-state index contributed by atoms with van der Waals surface area (Å²) in [5.41, 5.74) is 4.56. The number of carbonyl (C=O) groups is 1. The summed E-state index contributed by atoms with van der Waals surface area (Å²) in [5, 5.41) is -0.718. The maximum atomic E-state index is 11.5. The van der Waals surface area contributed by atoms with Crippen LogP contribution < -0.4 is 5.73 Å². The van der Waals surface area contributed by atoms with Crippen LogP contribution in [0, 0.1) is 0 Å². The number of sulfone groups is 1. The van der Waals surface area contributed by atoms with Gasteiger partial charge in [-0.05, 0) is 27.7 Å². The van der Waals surface area contributed by atoms with E-state index in [-0.39, 0.29) is 6.54 Å². The molecule has 0 aromatic carbocycles. The van der Waals surface area contributed by atoms with E-state index in [2.05, 4.69) is 0 Å². The van der Waals surface area contributed by atoms with E-state index in [1.54, 1.807) is 20.8 Å². The molecule has 90 valence electrons. The van der Waals surface area contributed by atoms with Crippen LogP contribution in [0.5, 0.6) is 0 Å². The molecule has 0 saturated heterocycles. The summed E-state index contributed by atoms with van der Waals surface area (Å²) in [5.74, 6) is -1.34. The van der Waals surface area contributed by atoms with Gasteiger partial charge in [0.25, 0.3) is 0 Å². The average Bonchev–Trinajstić information content (AvgIpc) is 1.97. The molecule has 0 amide bonds. The Balaban J connectivity index is 4.43. The molecule has 1 unspecified atom stereocenters. The topological polar surface area (TPSA) is 86.5 Å². The van der Waals surface area contributed by atoms with Crippen molar-refractivity contribution in [3.05, 3.63) is 0 Å². The highest BCUT2D eigenvalue weighted by Crippen LogP contribution is 2.09. The number of nitrogens with two attached hydrogens (primary N) is 1. The number of hydrogen-bond donors (Lipinski definition) is 1. The lowest BCUT2D eigenvalue weighted by Crippen LogP contribution is -2.34. The SMILES string of the molecule is CC(CN)S(=O)(=O)CC(=O)OC(C)(C)C. The van der Waals surface area contributed by atoms with E-state index in [1.807, 2.05) is 0 Å². The van der Waals surface area contributed by atoms with Gasteiger partial charge in [-0.15, -0.1) is 0 Å². The van der Waals surface area contributed by atoms with E-state index < -0.39 is 32.4 Å². The lowest BCUT2D eigenvalue weighted by molar-refractivity contribution is -0.151. The standard InChI is InChI=1S/C9H19NO4S/c1-7(5-10)15(12,13)6-8(11)14-9(2,3)4/h7H,5-6,10H2,1-4H3. The fourth-order valence-electron chi connectivity index (χ4n) is 0.824. The van der Waals surface area contributed by atoms with Crippen molar-refractivity contribution >= 4 is 15.8 Å². The molecule has 5 nitrogen and oxygen atoms in total. The second-order valence-electron chi connectivity index (χ2n) is 4.44. The van der Waals surface area contributed by atoms with E-state index in [0.717, 1.165) is 0 Å². The normalized spacial score (nSPS) is 14.7. The van der Waals surface area contributed by atoms with Gasteiger partial charge < -0.3 is 10.5 Å². The fourth-order valence-corrected chi connectivity index (χ4v) is 1.79. The second kappa shape index (κ2) is 4.94. The van der Waals surface area contributed by atoms with Crippen LogP contribution in [0.2, 0.25) is 0 Å². The Labute approximate surface area is 90.9 Å². The largest absolute Gasteiger partial charge is 0.459 e. The Hall–Kier alpha value is -0.620. The Morgan fingerprint density at radius 2 is 1.87 bits per heavy atom. The van der Waals surface area contributed by atoms with E-state index in [1.165, 1.54) is 6.92 Å². The lowest BCUT2D eigenvalue weighted by Gasteiger charge is -2.20. The predicted molar refractivity (Wildman–Crippen MR) is 58.1 cm³/mol. The molecule has 0 aliphatic rings. The van der Waals surface area contributed by atoms with Gasteiger partial charge in [0.15, 0.2) is 9.84 Å². The van der Waals surface area contributed by atoms with Crippen molar-refractivity contribution in [1.82, 2.24) is 0 Å². The molecule has 0 bridgehead atoms. The quantitative estimate of drug-likeness (QED) is 0.700. The van der Waals surface area contributed by atoms with Gasteiger partial charge in [-0.1, -0.05) is 0 Å². The van der Waals surface area contributed by atoms with E-state index in [0.29, 0.717) is 0 Å². The molecule has 0 rings (SSSR count). The first-order chi connectivity index (χ1) is 6.58. The molecule has 0 radical (unpaired) electrons. The first kappa shape index (κ1) is 14.4. The Morgan fingerprint density at radius 1 is 1.40 bits per heavy atom. The first-order valence-corrected chi connectivity index (χ1v) is 6.43. The number of esters is 1. The van der Waals surface area contributed by atoms with Crippen LogP contribution in [0.15, 0.2) is 0 Å². The minimum Gasteiger partial charge on any atom is -0.459 e. The van der Waals surface area contributed by atoms with Crippen LogP contribution in [0.3, 0.4) is 0 Å². The third kappa shape index (κ3) is 5.74. The van der Waals surface area contributed by atoms with Crippen LogP contribution in [0.4, 0.5) is 0 Å². The van der Waals surface area contributed by atoms with Crippen molar-refractivity contribution in [2.24, 2.45) is 5.73 Å². The van der Waals surface area contributed by atoms with E-state index in [4.69, 9.17) is 10.5 Å². The summed E-state index contributed by atoms with van der Waals surface area (Å²) < 4.78 is 27.9. The molecule has 0 aliphatic carbocycles. The van der Waals surface area contributed by atoms with Gasteiger partial charge in [0, 0.05) is 6.54 Å². The number of rotatable bonds is 4. The van der Waals surface area contributed by atoms with Crippen LogP contribution in [0.1, 0.15) is 27.7 Å². The molecule has 0 fully saturated rings. The zero-order valence-corrected chi connectivity index (χ0v) is 10.4. The lowest BCUT2D eigenvalue weighted by atomic mass is 10.2. The molecule has 0 aliphatic heterocycles. The Kier molecular flexibility index (Phi) is 4.73. The monoisotopic (exact) mass is 237 g/mol. The molecule has 0 aromatic heterocycles. The molecule has 2 N–H and O–H groups in total. The van der Waals surface area contributed by atoms with Crippen LogP contribution >= 0.6 is 0 Å². The molecular weight excluding hydrogens is 218 g/mol. The van der Waals surface area contributed by atoms with Crippen molar-refractivity contribution < 1.29 is 17.9 Å². The highest BCUT2D eigenvalue weighted by atomic mass is 32.2. The molecule has 0 spiro atoms. The zero-order chi connectivity index (χ0) is 12.3. The average molecular weight is 237 g/mol. The van der Waals surface area contributed by atoms with Gasteiger partial charge in [0.05, 0.1) is 5.25 Å². The summed E-state index contributed by atoms with van der Waals surface area (Å²) >= 11 is 0. The molecule has 0 aromatic rings. The highest BCUT2D eigenvalue weighted by Gasteiger charge is 2.26. The molecule has 0 heterocycles. The zero-order valence-electron chi connectivity index (χ0n) is 9.61. The molecule has 6 heteroatoms.